The second kappa shape index (κ2) is 17.8. The monoisotopic (exact) mass is 368 g/mol. The van der Waals surface area contributed by atoms with Crippen LogP contribution in [0.3, 0.4) is 0 Å². The zero-order chi connectivity index (χ0) is 19.5. The average molecular weight is 369 g/mol. The Labute approximate surface area is 157 Å². The van der Waals surface area contributed by atoms with Gasteiger partial charge in [0.25, 0.3) is 0 Å². The first-order valence-corrected chi connectivity index (χ1v) is 9.79. The van der Waals surface area contributed by atoms with Gasteiger partial charge in [-0.15, -0.1) is 0 Å². The largest absolute Gasteiger partial charge is 0.409 e. The summed E-state index contributed by atoms with van der Waals surface area (Å²) in [4.78, 5) is 23.0. The van der Waals surface area contributed by atoms with E-state index in [9.17, 15) is 9.59 Å². The smallest absolute Gasteiger partial charge is 0.309 e. The van der Waals surface area contributed by atoms with Crippen molar-refractivity contribution in [3.8, 4) is 0 Å². The Hall–Kier alpha value is -2.05. The van der Waals surface area contributed by atoms with Crippen molar-refractivity contribution in [2.24, 2.45) is 10.9 Å². The third-order valence-corrected chi connectivity index (χ3v) is 3.95. The molecule has 150 valence electrons. The number of unbranched alkanes of at least 4 members (excludes halogenated alkanes) is 7. The maximum Gasteiger partial charge on any atom is 0.309 e. The van der Waals surface area contributed by atoms with Crippen LogP contribution >= 0.6 is 0 Å². The minimum absolute atomic E-state index is 0.304. The summed E-state index contributed by atoms with van der Waals surface area (Å²) in [7, 11) is 0. The van der Waals surface area contributed by atoms with Crippen LogP contribution in [-0.2, 0) is 9.59 Å². The molecule has 5 N–H and O–H groups in total. The summed E-state index contributed by atoms with van der Waals surface area (Å²) >= 11 is 0. The number of hydrogen-bond donors (Lipinski definition) is 4. The topological polar surface area (TPSA) is 117 Å². The van der Waals surface area contributed by atoms with Crippen LogP contribution in [0.1, 0.15) is 77.6 Å². The first-order chi connectivity index (χ1) is 12.6. The molecule has 0 bridgehead atoms. The Morgan fingerprint density at radius 3 is 2.00 bits per heavy atom. The fourth-order valence-electron chi connectivity index (χ4n) is 2.34. The number of rotatable bonds is 15. The lowest BCUT2D eigenvalue weighted by Gasteiger charge is -2.05. The van der Waals surface area contributed by atoms with E-state index in [2.05, 4.69) is 27.9 Å². The van der Waals surface area contributed by atoms with E-state index in [4.69, 9.17) is 10.9 Å². The highest BCUT2D eigenvalue weighted by Gasteiger charge is 2.10. The van der Waals surface area contributed by atoms with Crippen LogP contribution in [0.4, 0.5) is 0 Å². The Bertz CT molecular complexity index is 437. The van der Waals surface area contributed by atoms with Gasteiger partial charge in [0.2, 0.25) is 0 Å². The molecular weight excluding hydrogens is 332 g/mol. The van der Waals surface area contributed by atoms with E-state index >= 15 is 0 Å². The highest BCUT2D eigenvalue weighted by Crippen LogP contribution is 2.06. The van der Waals surface area contributed by atoms with Gasteiger partial charge in [-0.05, 0) is 44.9 Å². The summed E-state index contributed by atoms with van der Waals surface area (Å²) in [5.74, 6) is -0.772. The molecule has 0 aliphatic carbocycles. The van der Waals surface area contributed by atoms with Crippen LogP contribution in [-0.4, -0.2) is 35.9 Å². The highest BCUT2D eigenvalue weighted by atomic mass is 16.4. The van der Waals surface area contributed by atoms with Crippen molar-refractivity contribution in [3.63, 3.8) is 0 Å². The first-order valence-electron chi connectivity index (χ1n) is 9.79. The molecule has 0 aliphatic heterocycles. The maximum atomic E-state index is 11.5. The molecule has 0 fully saturated rings. The van der Waals surface area contributed by atoms with E-state index in [0.717, 1.165) is 64.2 Å². The van der Waals surface area contributed by atoms with Gasteiger partial charge < -0.3 is 21.6 Å². The summed E-state index contributed by atoms with van der Waals surface area (Å²) < 4.78 is 0. The molecule has 7 nitrogen and oxygen atoms in total. The van der Waals surface area contributed by atoms with E-state index < -0.39 is 11.8 Å². The third-order valence-electron chi connectivity index (χ3n) is 3.95. The molecule has 0 unspecified atom stereocenters. The van der Waals surface area contributed by atoms with E-state index in [-0.39, 0.29) is 0 Å². The molecule has 0 aliphatic rings. The summed E-state index contributed by atoms with van der Waals surface area (Å²) in [5, 5.41) is 16.6. The fourth-order valence-corrected chi connectivity index (χ4v) is 2.34. The second-order valence-electron chi connectivity index (χ2n) is 6.38. The standard InChI is InChI=1S/C19H36N4O3/c1-2-3-15-21-18(24)19(25)22-16-13-11-9-7-5-4-6-8-10-12-14-17(20)23-26/h5,7,26H,2-4,6,8-16H2,1H3,(H2,20,23)(H,21,24)(H,22,25). The van der Waals surface area contributed by atoms with Gasteiger partial charge in [-0.2, -0.15) is 0 Å². The minimum atomic E-state index is -0.538. The van der Waals surface area contributed by atoms with Crippen molar-refractivity contribution in [3.05, 3.63) is 12.2 Å². The number of nitrogens with zero attached hydrogens (tertiary/aromatic N) is 1. The number of allylic oxidation sites excluding steroid dienone is 2. The van der Waals surface area contributed by atoms with Crippen LogP contribution in [0.5, 0.6) is 0 Å². The number of carbonyl (C=O) groups excluding carboxylic acids is 2. The zero-order valence-electron chi connectivity index (χ0n) is 16.1. The number of nitrogens with two attached hydrogens (primary N) is 1. The Morgan fingerprint density at radius 2 is 1.42 bits per heavy atom. The maximum absolute atomic E-state index is 11.5. The van der Waals surface area contributed by atoms with Crippen LogP contribution in [0.25, 0.3) is 0 Å². The minimum Gasteiger partial charge on any atom is -0.409 e. The first kappa shape index (κ1) is 23.9. The average Bonchev–Trinajstić information content (AvgIpc) is 2.64. The van der Waals surface area contributed by atoms with Crippen molar-refractivity contribution in [2.75, 3.05) is 13.1 Å². The van der Waals surface area contributed by atoms with E-state index in [1.807, 2.05) is 6.92 Å². The van der Waals surface area contributed by atoms with Crippen LogP contribution in [0, 0.1) is 0 Å². The van der Waals surface area contributed by atoms with Crippen molar-refractivity contribution in [1.29, 1.82) is 0 Å². The van der Waals surface area contributed by atoms with Gasteiger partial charge in [0, 0.05) is 19.5 Å². The lowest BCUT2D eigenvalue weighted by Crippen LogP contribution is -2.40. The molecular formula is C19H36N4O3. The summed E-state index contributed by atoms with van der Waals surface area (Å²) in [5.41, 5.74) is 5.41. The second-order valence-corrected chi connectivity index (χ2v) is 6.38. The molecule has 26 heavy (non-hydrogen) atoms. The van der Waals surface area contributed by atoms with Crippen LogP contribution in [0.15, 0.2) is 17.3 Å². The predicted molar refractivity (Wildman–Crippen MR) is 105 cm³/mol. The van der Waals surface area contributed by atoms with E-state index in [1.54, 1.807) is 0 Å². The lowest BCUT2D eigenvalue weighted by molar-refractivity contribution is -0.139. The van der Waals surface area contributed by atoms with Crippen LogP contribution in [0.2, 0.25) is 0 Å². The third kappa shape index (κ3) is 15.5. The van der Waals surface area contributed by atoms with E-state index in [1.165, 1.54) is 0 Å². The van der Waals surface area contributed by atoms with Gasteiger partial charge in [0.05, 0.1) is 0 Å². The number of amidine groups is 1. The number of nitrogens with one attached hydrogen (secondary N) is 2. The summed E-state index contributed by atoms with van der Waals surface area (Å²) in [6.07, 6.45) is 15.2. The molecule has 0 aromatic heterocycles. The lowest BCUT2D eigenvalue weighted by atomic mass is 10.1. The Balaban J connectivity index is 3.40. The molecule has 0 spiro atoms. The molecule has 0 heterocycles. The molecule has 0 aromatic carbocycles. The SMILES string of the molecule is CCCCNC(=O)C(=O)NCCCCC=CCCCCCCC(N)=NO. The molecule has 7 heteroatoms. The number of amides is 2. The van der Waals surface area contributed by atoms with Crippen molar-refractivity contribution in [2.45, 2.75) is 77.6 Å². The van der Waals surface area contributed by atoms with Gasteiger partial charge in [0.1, 0.15) is 5.84 Å². The zero-order valence-corrected chi connectivity index (χ0v) is 16.1. The molecule has 0 saturated carbocycles. The van der Waals surface area contributed by atoms with Crippen molar-refractivity contribution < 1.29 is 14.8 Å². The predicted octanol–water partition coefficient (Wildman–Crippen LogP) is 2.83. The van der Waals surface area contributed by atoms with E-state index in [0.29, 0.717) is 25.3 Å². The summed E-state index contributed by atoms with van der Waals surface area (Å²) in [6.45, 7) is 3.13. The number of carbonyl (C=O) groups is 2. The molecule has 2 amide bonds. The highest BCUT2D eigenvalue weighted by molar-refractivity contribution is 6.35. The van der Waals surface area contributed by atoms with Gasteiger partial charge in [-0.1, -0.05) is 43.5 Å². The molecule has 0 aromatic rings. The van der Waals surface area contributed by atoms with Crippen molar-refractivity contribution in [1.82, 2.24) is 10.6 Å². The Kier molecular flexibility index (Phi) is 16.4. The quantitative estimate of drug-likeness (QED) is 0.0676. The molecule has 0 rings (SSSR count). The normalized spacial score (nSPS) is 11.7. The number of hydrogen-bond acceptors (Lipinski definition) is 4. The van der Waals surface area contributed by atoms with Gasteiger partial charge >= 0.3 is 11.8 Å². The van der Waals surface area contributed by atoms with Crippen molar-refractivity contribution >= 4 is 17.6 Å². The number of oxime groups is 1. The van der Waals surface area contributed by atoms with Gasteiger partial charge in [-0.25, -0.2) is 0 Å². The molecule has 0 atom stereocenters. The van der Waals surface area contributed by atoms with Crippen LogP contribution < -0.4 is 16.4 Å². The fraction of sp³-hybridized carbons (Fsp3) is 0.737. The molecule has 0 radical (unpaired) electrons. The molecule has 0 saturated heterocycles. The van der Waals surface area contributed by atoms with Gasteiger partial charge in [-0.3, -0.25) is 9.59 Å². The summed E-state index contributed by atoms with van der Waals surface area (Å²) in [6, 6.07) is 0. The Morgan fingerprint density at radius 1 is 0.885 bits per heavy atom. The van der Waals surface area contributed by atoms with Gasteiger partial charge in [0.15, 0.2) is 0 Å².